The fourth-order valence-electron chi connectivity index (χ4n) is 2.42. The number of hydrogen-bond acceptors (Lipinski definition) is 2. The molecule has 18 heavy (non-hydrogen) atoms. The van der Waals surface area contributed by atoms with Crippen LogP contribution in [0.15, 0.2) is 30.3 Å². The smallest absolute Gasteiger partial charge is 0.242 e. The fourth-order valence-corrected chi connectivity index (χ4v) is 2.42. The number of rotatable bonds is 4. The number of hydrogen-bond donors (Lipinski definition) is 2. The number of carbonyl (C=O) groups is 1. The van der Waals surface area contributed by atoms with Crippen LogP contribution >= 0.6 is 0 Å². The van der Waals surface area contributed by atoms with E-state index in [2.05, 4.69) is 10.6 Å². The van der Waals surface area contributed by atoms with Crippen LogP contribution in [0.2, 0.25) is 0 Å². The molecule has 1 saturated carbocycles. The number of para-hydroxylation sites is 1. The molecule has 1 amide bonds. The third-order valence-corrected chi connectivity index (χ3v) is 3.50. The molecule has 0 spiro atoms. The topological polar surface area (TPSA) is 41.1 Å². The Bertz CT molecular complexity index is 371. The molecule has 98 valence electrons. The third-order valence-electron chi connectivity index (χ3n) is 3.50. The first-order valence-electron chi connectivity index (χ1n) is 6.87. The van der Waals surface area contributed by atoms with Crippen LogP contribution in [0.4, 0.5) is 5.69 Å². The molecular formula is C15H22N2O. The van der Waals surface area contributed by atoms with E-state index in [4.69, 9.17) is 0 Å². The van der Waals surface area contributed by atoms with E-state index in [1.807, 2.05) is 37.3 Å². The van der Waals surface area contributed by atoms with Gasteiger partial charge in [0, 0.05) is 11.7 Å². The summed E-state index contributed by atoms with van der Waals surface area (Å²) in [5, 5.41) is 6.36. The third kappa shape index (κ3) is 3.76. The summed E-state index contributed by atoms with van der Waals surface area (Å²) in [6, 6.07) is 10.1. The molecular weight excluding hydrogens is 224 g/mol. The minimum atomic E-state index is -0.186. The minimum Gasteiger partial charge on any atom is -0.374 e. The van der Waals surface area contributed by atoms with Gasteiger partial charge < -0.3 is 10.6 Å². The van der Waals surface area contributed by atoms with Gasteiger partial charge in [0.25, 0.3) is 0 Å². The predicted molar refractivity (Wildman–Crippen MR) is 74.5 cm³/mol. The second-order valence-corrected chi connectivity index (χ2v) is 5.08. The summed E-state index contributed by atoms with van der Waals surface area (Å²) in [6.07, 6.45) is 6.05. The zero-order chi connectivity index (χ0) is 12.8. The lowest BCUT2D eigenvalue weighted by molar-refractivity contribution is -0.122. The van der Waals surface area contributed by atoms with E-state index in [0.717, 1.165) is 18.5 Å². The average Bonchev–Trinajstić information content (AvgIpc) is 2.41. The molecule has 3 heteroatoms. The summed E-state index contributed by atoms with van der Waals surface area (Å²) in [6.45, 7) is 1.91. The first-order chi connectivity index (χ1) is 8.75. The maximum absolute atomic E-state index is 12.0. The van der Waals surface area contributed by atoms with Gasteiger partial charge in [-0.15, -0.1) is 0 Å². The highest BCUT2D eigenvalue weighted by Gasteiger charge is 2.19. The van der Waals surface area contributed by atoms with E-state index in [1.165, 1.54) is 19.3 Å². The van der Waals surface area contributed by atoms with Crippen molar-refractivity contribution in [3.05, 3.63) is 30.3 Å². The van der Waals surface area contributed by atoms with E-state index in [1.54, 1.807) is 0 Å². The SMILES string of the molecule is C[C@H](Nc1ccccc1)C(=O)NC1CCCCC1. The summed E-state index contributed by atoms with van der Waals surface area (Å²) < 4.78 is 0. The van der Waals surface area contributed by atoms with Crippen molar-refractivity contribution in [3.8, 4) is 0 Å². The number of amides is 1. The molecule has 0 heterocycles. The van der Waals surface area contributed by atoms with Gasteiger partial charge in [-0.3, -0.25) is 4.79 Å². The van der Waals surface area contributed by atoms with Crippen molar-refractivity contribution in [1.82, 2.24) is 5.32 Å². The molecule has 0 aromatic heterocycles. The lowest BCUT2D eigenvalue weighted by Gasteiger charge is -2.25. The molecule has 0 radical (unpaired) electrons. The standard InChI is InChI=1S/C15H22N2O/c1-12(16-13-8-4-2-5-9-13)15(18)17-14-10-6-3-7-11-14/h2,4-5,8-9,12,14,16H,3,6-7,10-11H2,1H3,(H,17,18)/t12-/m0/s1. The summed E-state index contributed by atoms with van der Waals surface area (Å²) in [7, 11) is 0. The lowest BCUT2D eigenvalue weighted by atomic mass is 9.95. The average molecular weight is 246 g/mol. The number of carbonyl (C=O) groups excluding carboxylic acids is 1. The highest BCUT2D eigenvalue weighted by molar-refractivity contribution is 5.84. The van der Waals surface area contributed by atoms with Crippen molar-refractivity contribution in [2.24, 2.45) is 0 Å². The van der Waals surface area contributed by atoms with Gasteiger partial charge in [0.1, 0.15) is 6.04 Å². The first kappa shape index (κ1) is 12.9. The number of benzene rings is 1. The summed E-state index contributed by atoms with van der Waals surface area (Å²) in [5.74, 6) is 0.103. The maximum Gasteiger partial charge on any atom is 0.242 e. The van der Waals surface area contributed by atoms with Crippen LogP contribution in [-0.4, -0.2) is 18.0 Å². The van der Waals surface area contributed by atoms with E-state index in [9.17, 15) is 4.79 Å². The van der Waals surface area contributed by atoms with Crippen molar-refractivity contribution in [2.45, 2.75) is 51.1 Å². The molecule has 1 fully saturated rings. The van der Waals surface area contributed by atoms with Crippen molar-refractivity contribution in [3.63, 3.8) is 0 Å². The molecule has 0 unspecified atom stereocenters. The molecule has 3 nitrogen and oxygen atoms in total. The van der Waals surface area contributed by atoms with Gasteiger partial charge in [0.15, 0.2) is 0 Å². The van der Waals surface area contributed by atoms with Crippen molar-refractivity contribution in [2.75, 3.05) is 5.32 Å². The van der Waals surface area contributed by atoms with Crippen molar-refractivity contribution < 1.29 is 4.79 Å². The Morgan fingerprint density at radius 3 is 2.50 bits per heavy atom. The Hall–Kier alpha value is -1.51. The monoisotopic (exact) mass is 246 g/mol. The fraction of sp³-hybridized carbons (Fsp3) is 0.533. The van der Waals surface area contributed by atoms with Gasteiger partial charge in [-0.25, -0.2) is 0 Å². The minimum absolute atomic E-state index is 0.103. The van der Waals surface area contributed by atoms with Crippen molar-refractivity contribution >= 4 is 11.6 Å². The van der Waals surface area contributed by atoms with Crippen LogP contribution in [0.1, 0.15) is 39.0 Å². The van der Waals surface area contributed by atoms with Crippen LogP contribution in [0.5, 0.6) is 0 Å². The molecule has 0 bridgehead atoms. The van der Waals surface area contributed by atoms with Crippen LogP contribution in [-0.2, 0) is 4.79 Å². The quantitative estimate of drug-likeness (QED) is 0.857. The summed E-state index contributed by atoms with van der Waals surface area (Å²) in [5.41, 5.74) is 0.990. The summed E-state index contributed by atoms with van der Waals surface area (Å²) in [4.78, 5) is 12.0. The zero-order valence-corrected chi connectivity index (χ0v) is 11.0. The Balaban J connectivity index is 1.81. The van der Waals surface area contributed by atoms with Crippen LogP contribution in [0.25, 0.3) is 0 Å². The molecule has 2 rings (SSSR count). The van der Waals surface area contributed by atoms with Crippen LogP contribution in [0, 0.1) is 0 Å². The van der Waals surface area contributed by atoms with Gasteiger partial charge in [-0.2, -0.15) is 0 Å². The highest BCUT2D eigenvalue weighted by atomic mass is 16.2. The largest absolute Gasteiger partial charge is 0.374 e. The predicted octanol–water partition coefficient (Wildman–Crippen LogP) is 2.94. The number of anilines is 1. The Morgan fingerprint density at radius 1 is 1.17 bits per heavy atom. The Morgan fingerprint density at radius 2 is 1.83 bits per heavy atom. The molecule has 1 aromatic rings. The Labute approximate surface area is 109 Å². The second kappa shape index (κ2) is 6.43. The molecule has 0 aliphatic heterocycles. The lowest BCUT2D eigenvalue weighted by Crippen LogP contribution is -2.43. The molecule has 1 atom stereocenters. The second-order valence-electron chi connectivity index (χ2n) is 5.08. The zero-order valence-electron chi connectivity index (χ0n) is 11.0. The number of nitrogens with one attached hydrogen (secondary N) is 2. The normalized spacial score (nSPS) is 18.1. The van der Waals surface area contributed by atoms with Crippen LogP contribution < -0.4 is 10.6 Å². The van der Waals surface area contributed by atoms with E-state index in [-0.39, 0.29) is 11.9 Å². The summed E-state index contributed by atoms with van der Waals surface area (Å²) >= 11 is 0. The molecule has 0 saturated heterocycles. The Kier molecular flexibility index (Phi) is 4.62. The van der Waals surface area contributed by atoms with Gasteiger partial charge >= 0.3 is 0 Å². The molecule has 1 aliphatic carbocycles. The van der Waals surface area contributed by atoms with E-state index in [0.29, 0.717) is 6.04 Å². The van der Waals surface area contributed by atoms with Gasteiger partial charge in [0.05, 0.1) is 0 Å². The van der Waals surface area contributed by atoms with Gasteiger partial charge in [-0.05, 0) is 31.9 Å². The van der Waals surface area contributed by atoms with Gasteiger partial charge in [-0.1, -0.05) is 37.5 Å². The first-order valence-corrected chi connectivity index (χ1v) is 6.87. The highest BCUT2D eigenvalue weighted by Crippen LogP contribution is 2.17. The van der Waals surface area contributed by atoms with E-state index < -0.39 is 0 Å². The molecule has 1 aliphatic rings. The molecule has 2 N–H and O–H groups in total. The van der Waals surface area contributed by atoms with Crippen LogP contribution in [0.3, 0.4) is 0 Å². The molecule has 1 aromatic carbocycles. The maximum atomic E-state index is 12.0. The van der Waals surface area contributed by atoms with E-state index >= 15 is 0 Å². The van der Waals surface area contributed by atoms with Crippen molar-refractivity contribution in [1.29, 1.82) is 0 Å². The van der Waals surface area contributed by atoms with Gasteiger partial charge in [0.2, 0.25) is 5.91 Å².